The summed E-state index contributed by atoms with van der Waals surface area (Å²) < 4.78 is 0. The van der Waals surface area contributed by atoms with Crippen molar-refractivity contribution in [3.63, 3.8) is 0 Å². The van der Waals surface area contributed by atoms with Gasteiger partial charge in [-0.1, -0.05) is 13.3 Å². The van der Waals surface area contributed by atoms with Gasteiger partial charge < -0.3 is 11.1 Å². The van der Waals surface area contributed by atoms with Gasteiger partial charge in [0.2, 0.25) is 0 Å². The minimum Gasteiger partial charge on any atom is -0.330 e. The van der Waals surface area contributed by atoms with Gasteiger partial charge in [-0.15, -0.1) is 11.3 Å². The molecule has 1 rings (SSSR count). The Hall–Kier alpha value is -0.450. The highest BCUT2D eigenvalue weighted by molar-refractivity contribution is 7.09. The number of nitrogens with two attached hydrogens (primary N) is 1. The summed E-state index contributed by atoms with van der Waals surface area (Å²) in [5.74, 6) is 0.676. The lowest BCUT2D eigenvalue weighted by atomic mass is 10.0. The summed E-state index contributed by atoms with van der Waals surface area (Å²) >= 11 is 1.75. The molecule has 0 amide bonds. The fourth-order valence-corrected chi connectivity index (χ4v) is 2.41. The number of nitrogens with one attached hydrogen (secondary N) is 1. The van der Waals surface area contributed by atoms with Crippen LogP contribution in [0.4, 0.5) is 0 Å². The molecule has 1 unspecified atom stereocenters. The zero-order valence-electron chi connectivity index (χ0n) is 10.3. The largest absolute Gasteiger partial charge is 0.330 e. The molecule has 1 atom stereocenters. The summed E-state index contributed by atoms with van der Waals surface area (Å²) in [6.07, 6.45) is 3.41. The van der Waals surface area contributed by atoms with Crippen molar-refractivity contribution in [2.24, 2.45) is 11.7 Å². The highest BCUT2D eigenvalue weighted by Gasteiger charge is 2.03. The predicted octanol–water partition coefficient (Wildman–Crippen LogP) is 1.96. The van der Waals surface area contributed by atoms with Gasteiger partial charge in [0.15, 0.2) is 0 Å². The third-order valence-electron chi connectivity index (χ3n) is 2.82. The zero-order valence-corrected chi connectivity index (χ0v) is 11.1. The summed E-state index contributed by atoms with van der Waals surface area (Å²) in [7, 11) is 0. The number of aromatic nitrogens is 1. The minimum absolute atomic E-state index is 0.676. The Bertz CT molecular complexity index is 282. The van der Waals surface area contributed by atoms with E-state index in [0.29, 0.717) is 5.92 Å². The van der Waals surface area contributed by atoms with Crippen molar-refractivity contribution >= 4 is 11.3 Å². The molecule has 0 aliphatic heterocycles. The molecule has 0 aliphatic rings. The molecule has 1 aromatic rings. The first kappa shape index (κ1) is 13.6. The fraction of sp³-hybridized carbons (Fsp3) is 0.750. The molecular formula is C12H23N3S. The van der Waals surface area contributed by atoms with Crippen LogP contribution >= 0.6 is 11.3 Å². The maximum absolute atomic E-state index is 5.66. The van der Waals surface area contributed by atoms with Crippen LogP contribution in [-0.2, 0) is 6.42 Å². The Kier molecular flexibility index (Phi) is 6.61. The van der Waals surface area contributed by atoms with Gasteiger partial charge in [-0.2, -0.15) is 0 Å². The molecule has 4 heteroatoms. The van der Waals surface area contributed by atoms with Gasteiger partial charge >= 0.3 is 0 Å². The predicted molar refractivity (Wildman–Crippen MR) is 70.9 cm³/mol. The number of nitrogens with zero attached hydrogens (tertiary/aromatic N) is 1. The maximum atomic E-state index is 5.66. The molecule has 0 bridgehead atoms. The van der Waals surface area contributed by atoms with Gasteiger partial charge in [0.25, 0.3) is 0 Å². The van der Waals surface area contributed by atoms with E-state index in [1.165, 1.54) is 17.8 Å². The highest BCUT2D eigenvalue weighted by Crippen LogP contribution is 2.08. The van der Waals surface area contributed by atoms with E-state index in [1.54, 1.807) is 11.3 Å². The smallest absolute Gasteiger partial charge is 0.0940 e. The van der Waals surface area contributed by atoms with Gasteiger partial charge in [-0.05, 0) is 32.4 Å². The van der Waals surface area contributed by atoms with Crippen LogP contribution in [-0.4, -0.2) is 24.6 Å². The van der Waals surface area contributed by atoms with Crippen molar-refractivity contribution in [3.8, 4) is 0 Å². The van der Waals surface area contributed by atoms with Crippen molar-refractivity contribution < 1.29 is 0 Å². The van der Waals surface area contributed by atoms with Crippen molar-refractivity contribution in [1.29, 1.82) is 0 Å². The van der Waals surface area contributed by atoms with Crippen LogP contribution < -0.4 is 11.1 Å². The van der Waals surface area contributed by atoms with Crippen LogP contribution in [0.15, 0.2) is 5.38 Å². The second-order valence-corrected chi connectivity index (χ2v) is 5.12. The molecule has 16 heavy (non-hydrogen) atoms. The Labute approximate surface area is 102 Å². The van der Waals surface area contributed by atoms with Crippen LogP contribution in [0.5, 0.6) is 0 Å². The first-order chi connectivity index (χ1) is 7.76. The molecule has 0 aliphatic carbocycles. The first-order valence-corrected chi connectivity index (χ1v) is 6.96. The molecule has 0 fully saturated rings. The average molecular weight is 241 g/mol. The van der Waals surface area contributed by atoms with Gasteiger partial charge in [0, 0.05) is 24.0 Å². The summed E-state index contributed by atoms with van der Waals surface area (Å²) in [6.45, 7) is 7.15. The minimum atomic E-state index is 0.676. The number of hydrogen-bond donors (Lipinski definition) is 2. The van der Waals surface area contributed by atoms with E-state index in [-0.39, 0.29) is 0 Å². The molecule has 0 aromatic carbocycles. The Balaban J connectivity index is 2.04. The fourth-order valence-electron chi connectivity index (χ4n) is 1.63. The standard InChI is InChI=1S/C12H23N3S/c1-3-11(8-13)4-6-14-7-5-12-15-10(2)9-16-12/h9,11,14H,3-8,13H2,1-2H3. The summed E-state index contributed by atoms with van der Waals surface area (Å²) in [6, 6.07) is 0. The van der Waals surface area contributed by atoms with Gasteiger partial charge in [-0.3, -0.25) is 0 Å². The van der Waals surface area contributed by atoms with Crippen molar-refractivity contribution in [1.82, 2.24) is 10.3 Å². The number of thiazole rings is 1. The molecule has 92 valence electrons. The van der Waals surface area contributed by atoms with Gasteiger partial charge in [-0.25, -0.2) is 4.98 Å². The second kappa shape index (κ2) is 7.76. The number of hydrogen-bond acceptors (Lipinski definition) is 4. The third kappa shape index (κ3) is 5.05. The van der Waals surface area contributed by atoms with E-state index < -0.39 is 0 Å². The van der Waals surface area contributed by atoms with Crippen molar-refractivity contribution in [2.75, 3.05) is 19.6 Å². The highest BCUT2D eigenvalue weighted by atomic mass is 32.1. The Morgan fingerprint density at radius 3 is 2.88 bits per heavy atom. The lowest BCUT2D eigenvalue weighted by Crippen LogP contribution is -2.23. The molecule has 0 radical (unpaired) electrons. The molecule has 1 aromatic heterocycles. The number of rotatable bonds is 8. The normalized spacial score (nSPS) is 12.9. The van der Waals surface area contributed by atoms with Gasteiger partial charge in [0.05, 0.1) is 5.01 Å². The Morgan fingerprint density at radius 1 is 1.50 bits per heavy atom. The van der Waals surface area contributed by atoms with E-state index >= 15 is 0 Å². The van der Waals surface area contributed by atoms with E-state index in [0.717, 1.165) is 31.7 Å². The monoisotopic (exact) mass is 241 g/mol. The molecular weight excluding hydrogens is 218 g/mol. The van der Waals surface area contributed by atoms with E-state index in [4.69, 9.17) is 5.73 Å². The summed E-state index contributed by atoms with van der Waals surface area (Å²) in [5, 5.41) is 6.79. The van der Waals surface area contributed by atoms with Crippen molar-refractivity contribution in [3.05, 3.63) is 16.1 Å². The lowest BCUT2D eigenvalue weighted by Gasteiger charge is -2.11. The van der Waals surface area contributed by atoms with Crippen LogP contribution in [0.3, 0.4) is 0 Å². The second-order valence-electron chi connectivity index (χ2n) is 4.18. The zero-order chi connectivity index (χ0) is 11.8. The van der Waals surface area contributed by atoms with Gasteiger partial charge in [0.1, 0.15) is 0 Å². The van der Waals surface area contributed by atoms with E-state index in [2.05, 4.69) is 22.6 Å². The molecule has 0 saturated carbocycles. The van der Waals surface area contributed by atoms with Crippen molar-refractivity contribution in [2.45, 2.75) is 33.1 Å². The number of aryl methyl sites for hydroxylation is 1. The average Bonchev–Trinajstić information content (AvgIpc) is 2.70. The maximum Gasteiger partial charge on any atom is 0.0940 e. The molecule has 1 heterocycles. The van der Waals surface area contributed by atoms with Crippen LogP contribution in [0, 0.1) is 12.8 Å². The Morgan fingerprint density at radius 2 is 2.31 bits per heavy atom. The van der Waals surface area contributed by atoms with E-state index in [9.17, 15) is 0 Å². The third-order valence-corrected chi connectivity index (χ3v) is 3.85. The molecule has 3 N–H and O–H groups in total. The quantitative estimate of drug-likeness (QED) is 0.684. The summed E-state index contributed by atoms with van der Waals surface area (Å²) in [4.78, 5) is 4.43. The first-order valence-electron chi connectivity index (χ1n) is 6.08. The summed E-state index contributed by atoms with van der Waals surface area (Å²) in [5.41, 5.74) is 6.79. The SMILES string of the molecule is CCC(CN)CCNCCc1nc(C)cs1. The lowest BCUT2D eigenvalue weighted by molar-refractivity contribution is 0.461. The molecule has 0 saturated heterocycles. The molecule has 0 spiro atoms. The van der Waals surface area contributed by atoms with Crippen LogP contribution in [0.1, 0.15) is 30.5 Å². The topological polar surface area (TPSA) is 50.9 Å². The van der Waals surface area contributed by atoms with E-state index in [1.807, 2.05) is 6.92 Å². The van der Waals surface area contributed by atoms with Crippen LogP contribution in [0.2, 0.25) is 0 Å². The van der Waals surface area contributed by atoms with Crippen LogP contribution in [0.25, 0.3) is 0 Å². The molecule has 3 nitrogen and oxygen atoms in total.